The molecule has 2 fully saturated rings. The van der Waals surface area contributed by atoms with Crippen molar-refractivity contribution in [3.63, 3.8) is 0 Å². The average molecular weight is 351 g/mol. The fraction of sp³-hybridized carbons (Fsp3) is 0.588. The lowest BCUT2D eigenvalue weighted by atomic mass is 9.99. The SMILES string of the molecule is Cc1noc2nc(C3CC3)cc(C(=O)NCC3CCCNC3)c12.Cl. The number of amides is 1. The molecular weight excluding hydrogens is 328 g/mol. The number of nitrogens with one attached hydrogen (secondary N) is 2. The molecule has 24 heavy (non-hydrogen) atoms. The van der Waals surface area contributed by atoms with Crippen LogP contribution in [-0.4, -0.2) is 35.7 Å². The van der Waals surface area contributed by atoms with Crippen LogP contribution >= 0.6 is 12.4 Å². The van der Waals surface area contributed by atoms with Crippen LogP contribution < -0.4 is 10.6 Å². The largest absolute Gasteiger partial charge is 0.352 e. The Bertz CT molecular complexity index is 736. The Balaban J connectivity index is 0.00000169. The summed E-state index contributed by atoms with van der Waals surface area (Å²) in [5, 5.41) is 11.2. The zero-order chi connectivity index (χ0) is 15.8. The van der Waals surface area contributed by atoms with E-state index in [9.17, 15) is 4.79 Å². The van der Waals surface area contributed by atoms with Crippen molar-refractivity contribution >= 4 is 29.4 Å². The second-order valence-corrected chi connectivity index (χ2v) is 6.74. The molecule has 2 aliphatic rings. The van der Waals surface area contributed by atoms with Gasteiger partial charge in [-0.3, -0.25) is 4.79 Å². The highest BCUT2D eigenvalue weighted by molar-refractivity contribution is 6.06. The summed E-state index contributed by atoms with van der Waals surface area (Å²) >= 11 is 0. The quantitative estimate of drug-likeness (QED) is 0.885. The molecule has 7 heteroatoms. The average Bonchev–Trinajstić information content (AvgIpc) is 3.37. The van der Waals surface area contributed by atoms with Crippen LogP contribution in [0.2, 0.25) is 0 Å². The molecule has 130 valence electrons. The van der Waals surface area contributed by atoms with Gasteiger partial charge in [-0.05, 0) is 57.7 Å². The van der Waals surface area contributed by atoms with Gasteiger partial charge < -0.3 is 15.2 Å². The van der Waals surface area contributed by atoms with Crippen LogP contribution in [0.4, 0.5) is 0 Å². The summed E-state index contributed by atoms with van der Waals surface area (Å²) in [6, 6.07) is 1.93. The van der Waals surface area contributed by atoms with Crippen LogP contribution in [-0.2, 0) is 0 Å². The molecule has 0 aromatic carbocycles. The molecule has 2 aromatic rings. The lowest BCUT2D eigenvalue weighted by Gasteiger charge is -2.22. The molecule has 1 unspecified atom stereocenters. The van der Waals surface area contributed by atoms with E-state index in [0.29, 0.717) is 29.7 Å². The number of fused-ring (bicyclic) bond motifs is 1. The number of hydrogen-bond acceptors (Lipinski definition) is 5. The van der Waals surface area contributed by atoms with E-state index in [1.165, 1.54) is 12.8 Å². The summed E-state index contributed by atoms with van der Waals surface area (Å²) in [5.74, 6) is 0.937. The fourth-order valence-electron chi connectivity index (χ4n) is 3.31. The smallest absolute Gasteiger partial charge is 0.259 e. The molecule has 2 aromatic heterocycles. The van der Waals surface area contributed by atoms with Gasteiger partial charge in [-0.1, -0.05) is 5.16 Å². The van der Waals surface area contributed by atoms with E-state index in [0.717, 1.165) is 42.7 Å². The van der Waals surface area contributed by atoms with Crippen molar-refractivity contribution in [2.24, 2.45) is 5.92 Å². The van der Waals surface area contributed by atoms with E-state index in [4.69, 9.17) is 4.52 Å². The number of carbonyl (C=O) groups is 1. The number of piperidine rings is 1. The number of aromatic nitrogens is 2. The Labute approximate surface area is 147 Å². The predicted molar refractivity (Wildman–Crippen MR) is 93.7 cm³/mol. The van der Waals surface area contributed by atoms with Gasteiger partial charge in [0, 0.05) is 18.2 Å². The third-order valence-corrected chi connectivity index (χ3v) is 4.83. The Morgan fingerprint density at radius 3 is 2.96 bits per heavy atom. The van der Waals surface area contributed by atoms with E-state index >= 15 is 0 Å². The molecule has 4 rings (SSSR count). The van der Waals surface area contributed by atoms with E-state index < -0.39 is 0 Å². The van der Waals surface area contributed by atoms with Crippen molar-refractivity contribution in [1.82, 2.24) is 20.8 Å². The summed E-state index contributed by atoms with van der Waals surface area (Å²) in [4.78, 5) is 17.2. The van der Waals surface area contributed by atoms with Gasteiger partial charge in [0.05, 0.1) is 16.6 Å². The Hall–Kier alpha value is -1.66. The molecule has 1 aliphatic heterocycles. The summed E-state index contributed by atoms with van der Waals surface area (Å²) < 4.78 is 5.30. The summed E-state index contributed by atoms with van der Waals surface area (Å²) in [6.07, 6.45) is 4.62. The van der Waals surface area contributed by atoms with Gasteiger partial charge in [0.1, 0.15) is 0 Å². The van der Waals surface area contributed by atoms with Gasteiger partial charge in [-0.2, -0.15) is 0 Å². The maximum Gasteiger partial charge on any atom is 0.259 e. The molecule has 1 amide bonds. The van der Waals surface area contributed by atoms with Crippen LogP contribution in [0.5, 0.6) is 0 Å². The molecule has 0 radical (unpaired) electrons. The van der Waals surface area contributed by atoms with Crippen LogP contribution in [0.15, 0.2) is 10.6 Å². The van der Waals surface area contributed by atoms with Crippen molar-refractivity contribution in [1.29, 1.82) is 0 Å². The lowest BCUT2D eigenvalue weighted by Crippen LogP contribution is -2.38. The molecule has 0 bridgehead atoms. The summed E-state index contributed by atoms with van der Waals surface area (Å²) in [7, 11) is 0. The zero-order valence-electron chi connectivity index (χ0n) is 13.8. The van der Waals surface area contributed by atoms with Gasteiger partial charge in [-0.25, -0.2) is 4.98 Å². The molecule has 2 N–H and O–H groups in total. The van der Waals surface area contributed by atoms with E-state index in [2.05, 4.69) is 20.8 Å². The minimum absolute atomic E-state index is 0. The van der Waals surface area contributed by atoms with Crippen LogP contribution in [0.25, 0.3) is 11.1 Å². The first kappa shape index (κ1) is 17.2. The van der Waals surface area contributed by atoms with Gasteiger partial charge >= 0.3 is 0 Å². The minimum atomic E-state index is -0.0452. The molecule has 6 nitrogen and oxygen atoms in total. The number of pyridine rings is 1. The van der Waals surface area contributed by atoms with Gasteiger partial charge in [0.25, 0.3) is 11.6 Å². The third kappa shape index (κ3) is 3.39. The minimum Gasteiger partial charge on any atom is -0.352 e. The van der Waals surface area contributed by atoms with Crippen molar-refractivity contribution in [2.45, 2.75) is 38.5 Å². The van der Waals surface area contributed by atoms with Gasteiger partial charge in [-0.15, -0.1) is 12.4 Å². The van der Waals surface area contributed by atoms with Crippen LogP contribution in [0.1, 0.15) is 53.3 Å². The van der Waals surface area contributed by atoms with Crippen molar-refractivity contribution in [3.8, 4) is 0 Å². The van der Waals surface area contributed by atoms with Crippen LogP contribution in [0, 0.1) is 12.8 Å². The number of carbonyl (C=O) groups excluding carboxylic acids is 1. The second-order valence-electron chi connectivity index (χ2n) is 6.74. The first-order valence-corrected chi connectivity index (χ1v) is 8.48. The Kier molecular flexibility index (Phi) is 5.06. The molecule has 3 heterocycles. The first-order chi connectivity index (χ1) is 11.2. The van der Waals surface area contributed by atoms with Gasteiger partial charge in [0.15, 0.2) is 0 Å². The monoisotopic (exact) mass is 350 g/mol. The second kappa shape index (κ2) is 7.07. The van der Waals surface area contributed by atoms with E-state index in [1.807, 2.05) is 13.0 Å². The molecule has 1 saturated carbocycles. The number of nitrogens with zero attached hydrogens (tertiary/aromatic N) is 2. The highest BCUT2D eigenvalue weighted by atomic mass is 35.5. The Morgan fingerprint density at radius 2 is 2.25 bits per heavy atom. The molecule has 1 aliphatic carbocycles. The first-order valence-electron chi connectivity index (χ1n) is 8.48. The van der Waals surface area contributed by atoms with Crippen molar-refractivity contribution < 1.29 is 9.32 Å². The summed E-state index contributed by atoms with van der Waals surface area (Å²) in [5.41, 5.74) is 2.81. The maximum absolute atomic E-state index is 12.7. The van der Waals surface area contributed by atoms with Crippen molar-refractivity contribution in [3.05, 3.63) is 23.0 Å². The predicted octanol–water partition coefficient (Wildman–Crippen LogP) is 2.56. The molecule has 0 spiro atoms. The maximum atomic E-state index is 12.7. The number of hydrogen-bond donors (Lipinski definition) is 2. The standard InChI is InChI=1S/C17H22N4O2.ClH/c1-10-15-13(16(22)19-9-11-3-2-6-18-8-11)7-14(12-4-5-12)20-17(15)23-21-10;/h7,11-12,18H,2-6,8-9H2,1H3,(H,19,22);1H. The fourth-order valence-corrected chi connectivity index (χ4v) is 3.31. The third-order valence-electron chi connectivity index (χ3n) is 4.83. The molecular formula is C17H23ClN4O2. The van der Waals surface area contributed by atoms with E-state index in [1.54, 1.807) is 0 Å². The van der Waals surface area contributed by atoms with Crippen molar-refractivity contribution in [2.75, 3.05) is 19.6 Å². The number of aryl methyl sites for hydroxylation is 1. The van der Waals surface area contributed by atoms with Gasteiger partial charge in [0.2, 0.25) is 0 Å². The Morgan fingerprint density at radius 1 is 1.42 bits per heavy atom. The summed E-state index contributed by atoms with van der Waals surface area (Å²) in [6.45, 7) is 4.62. The molecule has 1 saturated heterocycles. The number of halogens is 1. The topological polar surface area (TPSA) is 80.0 Å². The highest BCUT2D eigenvalue weighted by Gasteiger charge is 2.28. The molecule has 1 atom stereocenters. The lowest BCUT2D eigenvalue weighted by molar-refractivity contribution is 0.0946. The van der Waals surface area contributed by atoms with E-state index in [-0.39, 0.29) is 18.3 Å². The highest BCUT2D eigenvalue weighted by Crippen LogP contribution is 2.40. The van der Waals surface area contributed by atoms with Crippen LogP contribution in [0.3, 0.4) is 0 Å². The zero-order valence-corrected chi connectivity index (χ0v) is 14.6. The number of rotatable bonds is 4. The normalized spacial score (nSPS) is 20.6.